The first kappa shape index (κ1) is 17.1. The van der Waals surface area contributed by atoms with E-state index in [0.29, 0.717) is 18.4 Å². The zero-order chi connectivity index (χ0) is 15.9. The van der Waals surface area contributed by atoms with Crippen molar-refractivity contribution in [2.45, 2.75) is 45.1 Å². The van der Waals surface area contributed by atoms with Crippen molar-refractivity contribution in [2.75, 3.05) is 39.8 Å². The Bertz CT molecular complexity index is 398. The van der Waals surface area contributed by atoms with Gasteiger partial charge in [-0.1, -0.05) is 6.92 Å². The van der Waals surface area contributed by atoms with Gasteiger partial charge < -0.3 is 16.0 Å². The molecule has 0 radical (unpaired) electrons. The van der Waals surface area contributed by atoms with Crippen LogP contribution in [0.4, 0.5) is 0 Å². The first-order valence-electron chi connectivity index (χ1n) is 8.62. The average Bonchev–Trinajstić information content (AvgIpc) is 2.95. The molecule has 6 heteroatoms. The number of likely N-dealkylation sites (tertiary alicyclic amines) is 2. The van der Waals surface area contributed by atoms with Gasteiger partial charge in [-0.05, 0) is 44.7 Å². The van der Waals surface area contributed by atoms with Crippen molar-refractivity contribution in [1.82, 2.24) is 15.1 Å². The van der Waals surface area contributed by atoms with Crippen molar-refractivity contribution in [3.05, 3.63) is 0 Å². The molecule has 0 aromatic carbocycles. The van der Waals surface area contributed by atoms with Crippen LogP contribution in [0.1, 0.15) is 39.0 Å². The molecule has 3 N–H and O–H groups in total. The molecule has 2 fully saturated rings. The molecule has 2 aliphatic heterocycles. The molecule has 2 unspecified atom stereocenters. The van der Waals surface area contributed by atoms with Crippen LogP contribution >= 0.6 is 0 Å². The summed E-state index contributed by atoms with van der Waals surface area (Å²) >= 11 is 0. The zero-order valence-electron chi connectivity index (χ0n) is 14.1. The predicted octanol–water partition coefficient (Wildman–Crippen LogP) is 0.634. The third kappa shape index (κ3) is 4.60. The molecule has 0 aromatic rings. The molecule has 0 aromatic heterocycles. The number of primary amides is 1. The van der Waals surface area contributed by atoms with Crippen molar-refractivity contribution in [1.29, 1.82) is 0 Å². The van der Waals surface area contributed by atoms with E-state index in [9.17, 15) is 4.79 Å². The lowest BCUT2D eigenvalue weighted by Gasteiger charge is -2.35. The minimum absolute atomic E-state index is 0.195. The van der Waals surface area contributed by atoms with Crippen molar-refractivity contribution in [2.24, 2.45) is 16.6 Å². The normalized spacial score (nSPS) is 27.2. The van der Waals surface area contributed by atoms with Crippen LogP contribution < -0.4 is 11.1 Å². The number of carbonyl (C=O) groups excluding carboxylic acids is 1. The van der Waals surface area contributed by atoms with Crippen LogP contribution in [-0.4, -0.2) is 67.5 Å². The van der Waals surface area contributed by atoms with Gasteiger partial charge in [0.1, 0.15) is 0 Å². The number of hydrogen-bond acceptors (Lipinski definition) is 3. The van der Waals surface area contributed by atoms with Crippen molar-refractivity contribution in [3.63, 3.8) is 0 Å². The molecular weight excluding hydrogens is 278 g/mol. The van der Waals surface area contributed by atoms with Crippen molar-refractivity contribution >= 4 is 11.9 Å². The number of piperidine rings is 1. The summed E-state index contributed by atoms with van der Waals surface area (Å²) in [4.78, 5) is 20.4. The van der Waals surface area contributed by atoms with Crippen LogP contribution in [0.2, 0.25) is 0 Å². The van der Waals surface area contributed by atoms with Gasteiger partial charge in [0.15, 0.2) is 5.96 Å². The minimum atomic E-state index is -0.195. The van der Waals surface area contributed by atoms with Crippen LogP contribution in [0.3, 0.4) is 0 Å². The molecule has 6 nitrogen and oxygen atoms in total. The summed E-state index contributed by atoms with van der Waals surface area (Å²) < 4.78 is 0. The smallest absolute Gasteiger partial charge is 0.217 e. The number of nitrogens with one attached hydrogen (secondary N) is 1. The SMILES string of the molecule is CCN1CCCC1CNC(=NC)N1CCCC(CC(N)=O)C1. The highest BCUT2D eigenvalue weighted by molar-refractivity contribution is 5.80. The van der Waals surface area contributed by atoms with E-state index in [0.717, 1.165) is 45.0 Å². The third-order valence-electron chi connectivity index (χ3n) is 4.92. The van der Waals surface area contributed by atoms with E-state index in [4.69, 9.17) is 5.73 Å². The lowest BCUT2D eigenvalue weighted by Crippen LogP contribution is -2.50. The van der Waals surface area contributed by atoms with E-state index in [2.05, 4.69) is 27.0 Å². The maximum absolute atomic E-state index is 11.1. The monoisotopic (exact) mass is 309 g/mol. The molecule has 2 rings (SSSR count). The fourth-order valence-corrected chi connectivity index (χ4v) is 3.79. The maximum atomic E-state index is 11.1. The number of likely N-dealkylation sites (N-methyl/N-ethyl adjacent to an activating group) is 1. The van der Waals surface area contributed by atoms with Gasteiger partial charge in [0, 0.05) is 39.1 Å². The van der Waals surface area contributed by atoms with Crippen LogP contribution in [0.25, 0.3) is 0 Å². The number of rotatable bonds is 5. The first-order chi connectivity index (χ1) is 10.6. The van der Waals surface area contributed by atoms with E-state index in [1.807, 2.05) is 7.05 Å². The Balaban J connectivity index is 1.84. The standard InChI is InChI=1S/C16H31N5O/c1-3-20-8-5-7-14(20)11-19-16(18-2)21-9-4-6-13(12-21)10-15(17)22/h13-14H,3-12H2,1-2H3,(H2,17,22)(H,18,19). The van der Waals surface area contributed by atoms with E-state index in [1.165, 1.54) is 19.4 Å². The number of aliphatic imine (C=N–C) groups is 1. The van der Waals surface area contributed by atoms with Gasteiger partial charge >= 0.3 is 0 Å². The highest BCUT2D eigenvalue weighted by atomic mass is 16.1. The largest absolute Gasteiger partial charge is 0.370 e. The summed E-state index contributed by atoms with van der Waals surface area (Å²) in [6.07, 6.45) is 5.23. The van der Waals surface area contributed by atoms with E-state index >= 15 is 0 Å². The molecule has 0 saturated carbocycles. The second-order valence-corrected chi connectivity index (χ2v) is 6.48. The quantitative estimate of drug-likeness (QED) is 0.577. The average molecular weight is 309 g/mol. The molecule has 0 bridgehead atoms. The second-order valence-electron chi connectivity index (χ2n) is 6.48. The first-order valence-corrected chi connectivity index (χ1v) is 8.62. The molecule has 2 atom stereocenters. The lowest BCUT2D eigenvalue weighted by atomic mass is 9.95. The summed E-state index contributed by atoms with van der Waals surface area (Å²) in [5.41, 5.74) is 5.34. The van der Waals surface area contributed by atoms with Gasteiger partial charge in [0.05, 0.1) is 0 Å². The predicted molar refractivity (Wildman–Crippen MR) is 89.7 cm³/mol. The fraction of sp³-hybridized carbons (Fsp3) is 0.875. The Labute approximate surface area is 134 Å². The summed E-state index contributed by atoms with van der Waals surface area (Å²) in [5.74, 6) is 1.14. The number of carbonyl (C=O) groups is 1. The molecule has 0 aliphatic carbocycles. The van der Waals surface area contributed by atoms with Gasteiger partial charge in [-0.15, -0.1) is 0 Å². The van der Waals surface area contributed by atoms with E-state index in [-0.39, 0.29) is 5.91 Å². The molecule has 2 aliphatic rings. The van der Waals surface area contributed by atoms with Crippen LogP contribution in [0.15, 0.2) is 4.99 Å². The molecular formula is C16H31N5O. The molecule has 2 heterocycles. The topological polar surface area (TPSA) is 74.0 Å². The molecule has 1 amide bonds. The summed E-state index contributed by atoms with van der Waals surface area (Å²) in [6, 6.07) is 0.618. The number of amides is 1. The Morgan fingerprint density at radius 2 is 2.09 bits per heavy atom. The number of guanidine groups is 1. The number of nitrogens with two attached hydrogens (primary N) is 1. The minimum Gasteiger partial charge on any atom is -0.370 e. The Morgan fingerprint density at radius 1 is 1.32 bits per heavy atom. The Morgan fingerprint density at radius 3 is 2.77 bits per heavy atom. The summed E-state index contributed by atoms with van der Waals surface area (Å²) in [7, 11) is 1.84. The van der Waals surface area contributed by atoms with Gasteiger partial charge in [0.25, 0.3) is 0 Å². The van der Waals surface area contributed by atoms with E-state index < -0.39 is 0 Å². The number of hydrogen-bond donors (Lipinski definition) is 2. The molecule has 2 saturated heterocycles. The highest BCUT2D eigenvalue weighted by Gasteiger charge is 2.26. The Kier molecular flexibility index (Phi) is 6.49. The number of nitrogens with zero attached hydrogens (tertiary/aromatic N) is 3. The summed E-state index contributed by atoms with van der Waals surface area (Å²) in [5, 5.41) is 3.54. The van der Waals surface area contributed by atoms with E-state index in [1.54, 1.807) is 0 Å². The molecule has 0 spiro atoms. The van der Waals surface area contributed by atoms with Gasteiger partial charge in [-0.2, -0.15) is 0 Å². The van der Waals surface area contributed by atoms with Crippen LogP contribution in [0, 0.1) is 5.92 Å². The van der Waals surface area contributed by atoms with Gasteiger partial charge in [0.2, 0.25) is 5.91 Å². The molecule has 22 heavy (non-hydrogen) atoms. The second kappa shape index (κ2) is 8.36. The third-order valence-corrected chi connectivity index (χ3v) is 4.92. The fourth-order valence-electron chi connectivity index (χ4n) is 3.79. The lowest BCUT2D eigenvalue weighted by molar-refractivity contribution is -0.119. The van der Waals surface area contributed by atoms with Gasteiger partial charge in [-0.3, -0.25) is 14.7 Å². The maximum Gasteiger partial charge on any atom is 0.217 e. The van der Waals surface area contributed by atoms with Crippen molar-refractivity contribution in [3.8, 4) is 0 Å². The van der Waals surface area contributed by atoms with Crippen molar-refractivity contribution < 1.29 is 4.79 Å². The highest BCUT2D eigenvalue weighted by Crippen LogP contribution is 2.20. The van der Waals surface area contributed by atoms with Crippen LogP contribution in [0.5, 0.6) is 0 Å². The Hall–Kier alpha value is -1.30. The molecule has 126 valence electrons. The van der Waals surface area contributed by atoms with Gasteiger partial charge in [-0.25, -0.2) is 0 Å². The zero-order valence-corrected chi connectivity index (χ0v) is 14.1. The van der Waals surface area contributed by atoms with Crippen LogP contribution in [-0.2, 0) is 4.79 Å². The summed E-state index contributed by atoms with van der Waals surface area (Å²) in [6.45, 7) is 7.41.